The second-order valence-corrected chi connectivity index (χ2v) is 4.81. The van der Waals surface area contributed by atoms with E-state index in [1.54, 1.807) is 7.11 Å². The van der Waals surface area contributed by atoms with Gasteiger partial charge in [-0.25, -0.2) is 4.98 Å². The van der Waals surface area contributed by atoms with Crippen molar-refractivity contribution in [3.05, 3.63) is 23.0 Å². The lowest BCUT2D eigenvalue weighted by atomic mass is 10.2. The molecule has 0 spiro atoms. The van der Waals surface area contributed by atoms with Crippen LogP contribution in [0.25, 0.3) is 0 Å². The number of hydrogen-bond donors (Lipinski definition) is 2. The quantitative estimate of drug-likeness (QED) is 0.818. The second-order valence-electron chi connectivity index (χ2n) is 4.45. The number of methoxy groups -OCH3 is 1. The molecule has 1 aliphatic carbocycles. The lowest BCUT2D eigenvalue weighted by Crippen LogP contribution is -2.33. The topological polar surface area (TPSA) is 77.2 Å². The van der Waals surface area contributed by atoms with Crippen molar-refractivity contribution in [3.63, 3.8) is 0 Å². The van der Waals surface area contributed by atoms with Gasteiger partial charge in [-0.3, -0.25) is 4.79 Å². The average Bonchev–Trinajstić information content (AvgIpc) is 2.80. The smallest absolute Gasteiger partial charge is 0.254 e. The Kier molecular flexibility index (Phi) is 4.04. The maximum atomic E-state index is 12.0. The van der Waals surface area contributed by atoms with Crippen LogP contribution in [0.2, 0.25) is 5.15 Å². The summed E-state index contributed by atoms with van der Waals surface area (Å²) < 4.78 is 5.26. The molecule has 1 aromatic heterocycles. The number of halogens is 1. The number of carbonyl (C=O) groups excluding carboxylic acids is 1. The minimum Gasteiger partial charge on any atom is -0.397 e. The van der Waals surface area contributed by atoms with Gasteiger partial charge in [-0.2, -0.15) is 0 Å². The molecule has 1 heterocycles. The zero-order chi connectivity index (χ0) is 13.1. The summed E-state index contributed by atoms with van der Waals surface area (Å²) in [6.45, 7) is 0. The molecule has 1 fully saturated rings. The average molecular weight is 270 g/mol. The molecule has 0 radical (unpaired) electrons. The first-order valence-electron chi connectivity index (χ1n) is 5.85. The number of carbonyl (C=O) groups is 1. The molecule has 3 N–H and O–H groups in total. The van der Waals surface area contributed by atoms with E-state index >= 15 is 0 Å². The van der Waals surface area contributed by atoms with E-state index in [-0.39, 0.29) is 23.2 Å². The van der Waals surface area contributed by atoms with Crippen LogP contribution in [0.15, 0.2) is 12.3 Å². The molecule has 2 atom stereocenters. The highest BCUT2D eigenvalue weighted by atomic mass is 35.5. The van der Waals surface area contributed by atoms with Crippen molar-refractivity contribution >= 4 is 23.2 Å². The molecule has 1 amide bonds. The maximum absolute atomic E-state index is 12.0. The van der Waals surface area contributed by atoms with Crippen LogP contribution in [-0.2, 0) is 4.74 Å². The first kappa shape index (κ1) is 13.1. The summed E-state index contributed by atoms with van der Waals surface area (Å²) in [5, 5.41) is 3.10. The molecule has 98 valence electrons. The lowest BCUT2D eigenvalue weighted by Gasteiger charge is -2.13. The van der Waals surface area contributed by atoms with Crippen LogP contribution in [-0.4, -0.2) is 30.1 Å². The number of nitrogens with zero attached hydrogens (tertiary/aromatic N) is 1. The molecule has 1 saturated carbocycles. The van der Waals surface area contributed by atoms with E-state index in [1.165, 1.54) is 12.3 Å². The minimum absolute atomic E-state index is 0.125. The van der Waals surface area contributed by atoms with Crippen LogP contribution in [0.3, 0.4) is 0 Å². The number of anilines is 1. The zero-order valence-corrected chi connectivity index (χ0v) is 10.9. The van der Waals surface area contributed by atoms with Gasteiger partial charge in [-0.05, 0) is 25.3 Å². The third-order valence-electron chi connectivity index (χ3n) is 3.16. The number of hydrogen-bond acceptors (Lipinski definition) is 4. The first-order valence-corrected chi connectivity index (χ1v) is 6.22. The Hall–Kier alpha value is -1.33. The molecule has 0 aromatic carbocycles. The maximum Gasteiger partial charge on any atom is 0.254 e. The molecule has 6 heteroatoms. The van der Waals surface area contributed by atoms with Gasteiger partial charge in [0, 0.05) is 13.2 Å². The number of nitrogens with one attached hydrogen (secondary N) is 1. The summed E-state index contributed by atoms with van der Waals surface area (Å²) in [4.78, 5) is 15.9. The summed E-state index contributed by atoms with van der Waals surface area (Å²) in [5.41, 5.74) is 6.34. The third kappa shape index (κ3) is 2.91. The van der Waals surface area contributed by atoms with Gasteiger partial charge >= 0.3 is 0 Å². The number of pyridine rings is 1. The molecular formula is C12H16ClN3O2. The Morgan fingerprint density at radius 1 is 1.61 bits per heavy atom. The van der Waals surface area contributed by atoms with Crippen LogP contribution < -0.4 is 11.1 Å². The van der Waals surface area contributed by atoms with E-state index in [4.69, 9.17) is 22.1 Å². The van der Waals surface area contributed by atoms with Crippen molar-refractivity contribution in [2.75, 3.05) is 12.8 Å². The van der Waals surface area contributed by atoms with E-state index in [2.05, 4.69) is 10.3 Å². The summed E-state index contributed by atoms with van der Waals surface area (Å²) in [5.74, 6) is -0.235. The Labute approximate surface area is 111 Å². The van der Waals surface area contributed by atoms with Gasteiger partial charge in [-0.1, -0.05) is 11.6 Å². The van der Waals surface area contributed by atoms with Crippen molar-refractivity contribution in [1.29, 1.82) is 0 Å². The number of aromatic nitrogens is 1. The van der Waals surface area contributed by atoms with Gasteiger partial charge in [-0.15, -0.1) is 0 Å². The molecule has 2 rings (SSSR count). The number of rotatable bonds is 3. The number of ether oxygens (including phenoxy) is 1. The SMILES string of the molecule is COC1CCC(NC(=O)c2cc(N)cnc2Cl)C1. The second kappa shape index (κ2) is 5.54. The van der Waals surface area contributed by atoms with Crippen LogP contribution in [0.4, 0.5) is 5.69 Å². The normalized spacial score (nSPS) is 23.0. The molecule has 18 heavy (non-hydrogen) atoms. The molecule has 5 nitrogen and oxygen atoms in total. The molecule has 1 aromatic rings. The zero-order valence-electron chi connectivity index (χ0n) is 10.1. The first-order chi connectivity index (χ1) is 8.60. The highest BCUT2D eigenvalue weighted by molar-refractivity contribution is 6.32. The van der Waals surface area contributed by atoms with Crippen molar-refractivity contribution in [2.45, 2.75) is 31.4 Å². The Morgan fingerprint density at radius 3 is 3.06 bits per heavy atom. The van der Waals surface area contributed by atoms with Gasteiger partial charge in [0.25, 0.3) is 5.91 Å². The summed E-state index contributed by atoms with van der Waals surface area (Å²) in [6, 6.07) is 1.66. The van der Waals surface area contributed by atoms with Gasteiger partial charge in [0.2, 0.25) is 0 Å². The summed E-state index contributed by atoms with van der Waals surface area (Å²) >= 11 is 5.88. The number of nitrogen functional groups attached to an aromatic ring is 1. The Balaban J connectivity index is 2.02. The monoisotopic (exact) mass is 269 g/mol. The summed E-state index contributed by atoms with van der Waals surface area (Å²) in [7, 11) is 1.69. The van der Waals surface area contributed by atoms with Crippen molar-refractivity contribution in [3.8, 4) is 0 Å². The molecule has 0 bridgehead atoms. The fourth-order valence-corrected chi connectivity index (χ4v) is 2.36. The predicted molar refractivity (Wildman–Crippen MR) is 69.6 cm³/mol. The number of nitrogens with two attached hydrogens (primary N) is 1. The molecule has 1 aliphatic rings. The van der Waals surface area contributed by atoms with Gasteiger partial charge < -0.3 is 15.8 Å². The Bertz CT molecular complexity index is 453. The number of amides is 1. The van der Waals surface area contributed by atoms with Gasteiger partial charge in [0.05, 0.1) is 23.6 Å². The van der Waals surface area contributed by atoms with Crippen molar-refractivity contribution in [2.24, 2.45) is 0 Å². The fraction of sp³-hybridized carbons (Fsp3) is 0.500. The molecular weight excluding hydrogens is 254 g/mol. The van der Waals surface area contributed by atoms with Crippen LogP contribution in [0, 0.1) is 0 Å². The largest absolute Gasteiger partial charge is 0.397 e. The predicted octanol–water partition coefficient (Wildman–Crippen LogP) is 1.61. The lowest BCUT2D eigenvalue weighted by molar-refractivity contribution is 0.0915. The fourth-order valence-electron chi connectivity index (χ4n) is 2.17. The highest BCUT2D eigenvalue weighted by Crippen LogP contribution is 2.22. The van der Waals surface area contributed by atoms with Crippen molar-refractivity contribution < 1.29 is 9.53 Å². The van der Waals surface area contributed by atoms with Gasteiger partial charge in [0.15, 0.2) is 0 Å². The van der Waals surface area contributed by atoms with E-state index < -0.39 is 0 Å². The Morgan fingerprint density at radius 2 is 2.39 bits per heavy atom. The van der Waals surface area contributed by atoms with E-state index in [0.717, 1.165) is 19.3 Å². The standard InChI is InChI=1S/C12H16ClN3O2/c1-18-9-3-2-8(5-9)16-12(17)10-4-7(14)6-15-11(10)13/h4,6,8-9H,2-3,5,14H2,1H3,(H,16,17). The third-order valence-corrected chi connectivity index (χ3v) is 3.46. The van der Waals surface area contributed by atoms with Crippen molar-refractivity contribution in [1.82, 2.24) is 10.3 Å². The molecule has 2 unspecified atom stereocenters. The molecule has 0 saturated heterocycles. The van der Waals surface area contributed by atoms with E-state index in [0.29, 0.717) is 11.3 Å². The summed E-state index contributed by atoms with van der Waals surface area (Å²) in [6.07, 6.45) is 4.36. The highest BCUT2D eigenvalue weighted by Gasteiger charge is 2.26. The minimum atomic E-state index is -0.235. The van der Waals surface area contributed by atoms with E-state index in [9.17, 15) is 4.79 Å². The van der Waals surface area contributed by atoms with Crippen LogP contribution in [0.5, 0.6) is 0 Å². The van der Waals surface area contributed by atoms with Gasteiger partial charge in [0.1, 0.15) is 5.15 Å². The van der Waals surface area contributed by atoms with Crippen LogP contribution >= 0.6 is 11.6 Å². The van der Waals surface area contributed by atoms with E-state index in [1.807, 2.05) is 0 Å². The van der Waals surface area contributed by atoms with Crippen LogP contribution in [0.1, 0.15) is 29.6 Å². The molecule has 0 aliphatic heterocycles.